The van der Waals surface area contributed by atoms with Crippen molar-refractivity contribution in [1.29, 1.82) is 0 Å². The number of sulfone groups is 1. The number of amides is 1. The second-order valence-corrected chi connectivity index (χ2v) is 9.09. The van der Waals surface area contributed by atoms with E-state index in [-0.39, 0.29) is 17.6 Å². The summed E-state index contributed by atoms with van der Waals surface area (Å²) in [5, 5.41) is 5.51. The molecule has 1 amide bonds. The molecule has 1 fully saturated rings. The minimum absolute atomic E-state index is 0.0522. The molecule has 4 atom stereocenters. The van der Waals surface area contributed by atoms with E-state index >= 15 is 0 Å². The van der Waals surface area contributed by atoms with Crippen molar-refractivity contribution in [2.24, 2.45) is 11.8 Å². The molecule has 1 aliphatic rings. The quantitative estimate of drug-likeness (QED) is 0.886. The lowest BCUT2D eigenvalue weighted by molar-refractivity contribution is -0.121. The predicted octanol–water partition coefficient (Wildman–Crippen LogP) is 2.23. The SMILES string of the molecule is Cc1cc(CS(=O)(=O)C(C)C(=O)NC2CCCC(C)C2C)on1. The normalized spacial score (nSPS) is 26.7. The summed E-state index contributed by atoms with van der Waals surface area (Å²) in [4.78, 5) is 12.4. The molecule has 0 aliphatic heterocycles. The summed E-state index contributed by atoms with van der Waals surface area (Å²) in [5.41, 5.74) is 0.623. The number of carbonyl (C=O) groups is 1. The van der Waals surface area contributed by atoms with Gasteiger partial charge in [-0.25, -0.2) is 8.42 Å². The van der Waals surface area contributed by atoms with Gasteiger partial charge in [-0.05, 0) is 32.1 Å². The number of hydrogen-bond donors (Lipinski definition) is 1. The van der Waals surface area contributed by atoms with Crippen molar-refractivity contribution in [3.8, 4) is 0 Å². The lowest BCUT2D eigenvalue weighted by Gasteiger charge is -2.35. The van der Waals surface area contributed by atoms with E-state index in [9.17, 15) is 13.2 Å². The molecule has 1 heterocycles. The average molecular weight is 342 g/mol. The highest BCUT2D eigenvalue weighted by atomic mass is 32.2. The molecular formula is C16H26N2O4S. The van der Waals surface area contributed by atoms with Crippen LogP contribution in [0.3, 0.4) is 0 Å². The van der Waals surface area contributed by atoms with Crippen LogP contribution in [-0.4, -0.2) is 30.8 Å². The van der Waals surface area contributed by atoms with Gasteiger partial charge in [-0.2, -0.15) is 0 Å². The number of nitrogens with zero attached hydrogens (tertiary/aromatic N) is 1. The Bertz CT molecular complexity index is 653. The molecule has 2 rings (SSSR count). The number of nitrogens with one attached hydrogen (secondary N) is 1. The standard InChI is InChI=1S/C16H26N2O4S/c1-10-6-5-7-15(12(10)3)17-16(19)13(4)23(20,21)9-14-8-11(2)18-22-14/h8,10,12-13,15H,5-7,9H2,1-4H3,(H,17,19). The van der Waals surface area contributed by atoms with Gasteiger partial charge in [-0.1, -0.05) is 31.8 Å². The third-order valence-electron chi connectivity index (χ3n) is 4.96. The lowest BCUT2D eigenvalue weighted by atomic mass is 9.78. The second kappa shape index (κ2) is 7.03. The zero-order valence-electron chi connectivity index (χ0n) is 14.2. The van der Waals surface area contributed by atoms with Gasteiger partial charge in [-0.15, -0.1) is 0 Å². The molecule has 0 bridgehead atoms. The summed E-state index contributed by atoms with van der Waals surface area (Å²) >= 11 is 0. The monoisotopic (exact) mass is 342 g/mol. The summed E-state index contributed by atoms with van der Waals surface area (Å²) in [6.45, 7) is 7.45. The highest BCUT2D eigenvalue weighted by Crippen LogP contribution is 2.29. The molecule has 7 heteroatoms. The van der Waals surface area contributed by atoms with Gasteiger partial charge in [0.2, 0.25) is 5.91 Å². The molecule has 1 aromatic rings. The minimum atomic E-state index is -3.63. The van der Waals surface area contributed by atoms with Crippen molar-refractivity contribution in [2.75, 3.05) is 0 Å². The van der Waals surface area contributed by atoms with Gasteiger partial charge in [0.1, 0.15) is 11.0 Å². The number of aryl methyl sites for hydroxylation is 1. The molecule has 1 aliphatic carbocycles. The molecule has 0 spiro atoms. The Labute approximate surface area is 137 Å². The van der Waals surface area contributed by atoms with E-state index in [1.165, 1.54) is 6.92 Å². The Balaban J connectivity index is 2.00. The van der Waals surface area contributed by atoms with Crippen molar-refractivity contribution in [2.45, 2.75) is 64.0 Å². The summed E-state index contributed by atoms with van der Waals surface area (Å²) in [7, 11) is -3.63. The smallest absolute Gasteiger partial charge is 0.238 e. The number of carbonyl (C=O) groups excluding carboxylic acids is 1. The fourth-order valence-corrected chi connectivity index (χ4v) is 4.23. The number of hydrogen-bond acceptors (Lipinski definition) is 5. The third kappa shape index (κ3) is 4.34. The summed E-state index contributed by atoms with van der Waals surface area (Å²) in [5.74, 6) is 0.436. The molecular weight excluding hydrogens is 316 g/mol. The number of rotatable bonds is 5. The Morgan fingerprint density at radius 1 is 1.43 bits per heavy atom. The number of aromatic nitrogens is 1. The minimum Gasteiger partial charge on any atom is -0.360 e. The van der Waals surface area contributed by atoms with Crippen molar-refractivity contribution in [3.05, 3.63) is 17.5 Å². The zero-order chi connectivity index (χ0) is 17.2. The van der Waals surface area contributed by atoms with Crippen LogP contribution in [0.4, 0.5) is 0 Å². The molecule has 0 aromatic carbocycles. The zero-order valence-corrected chi connectivity index (χ0v) is 15.0. The van der Waals surface area contributed by atoms with Crippen molar-refractivity contribution in [3.63, 3.8) is 0 Å². The maximum Gasteiger partial charge on any atom is 0.238 e. The first-order valence-electron chi connectivity index (χ1n) is 8.15. The molecule has 1 saturated carbocycles. The predicted molar refractivity (Wildman–Crippen MR) is 87.4 cm³/mol. The Kier molecular flexibility index (Phi) is 5.49. The van der Waals surface area contributed by atoms with E-state index in [0.717, 1.165) is 19.3 Å². The molecule has 23 heavy (non-hydrogen) atoms. The van der Waals surface area contributed by atoms with E-state index in [2.05, 4.69) is 24.3 Å². The molecule has 130 valence electrons. The van der Waals surface area contributed by atoms with Gasteiger partial charge < -0.3 is 9.84 Å². The summed E-state index contributed by atoms with van der Waals surface area (Å²) < 4.78 is 29.7. The van der Waals surface area contributed by atoms with Crippen molar-refractivity contribution in [1.82, 2.24) is 10.5 Å². The molecule has 6 nitrogen and oxygen atoms in total. The van der Waals surface area contributed by atoms with Crippen LogP contribution >= 0.6 is 0 Å². The van der Waals surface area contributed by atoms with Crippen LogP contribution in [0, 0.1) is 18.8 Å². The highest BCUT2D eigenvalue weighted by Gasteiger charge is 2.34. The maximum atomic E-state index is 12.4. The van der Waals surface area contributed by atoms with Gasteiger partial charge in [0.15, 0.2) is 15.6 Å². The Morgan fingerprint density at radius 2 is 2.13 bits per heavy atom. The topological polar surface area (TPSA) is 89.3 Å². The Morgan fingerprint density at radius 3 is 2.74 bits per heavy atom. The molecule has 0 saturated heterocycles. The fourth-order valence-electron chi connectivity index (χ4n) is 3.06. The fraction of sp³-hybridized carbons (Fsp3) is 0.750. The highest BCUT2D eigenvalue weighted by molar-refractivity contribution is 7.92. The van der Waals surface area contributed by atoms with Crippen molar-refractivity contribution >= 4 is 15.7 Å². The van der Waals surface area contributed by atoms with Gasteiger partial charge in [0, 0.05) is 12.1 Å². The molecule has 1 aromatic heterocycles. The van der Waals surface area contributed by atoms with Gasteiger partial charge in [0.05, 0.1) is 5.69 Å². The van der Waals surface area contributed by atoms with E-state index < -0.39 is 21.0 Å². The van der Waals surface area contributed by atoms with Crippen LogP contribution in [0.2, 0.25) is 0 Å². The summed E-state index contributed by atoms with van der Waals surface area (Å²) in [6, 6.07) is 1.63. The van der Waals surface area contributed by atoms with Gasteiger partial charge in [0.25, 0.3) is 0 Å². The molecule has 4 unspecified atom stereocenters. The van der Waals surface area contributed by atoms with Crippen LogP contribution in [0.1, 0.15) is 51.5 Å². The first-order valence-corrected chi connectivity index (χ1v) is 9.86. The molecule has 1 N–H and O–H groups in total. The van der Waals surface area contributed by atoms with E-state index in [0.29, 0.717) is 17.5 Å². The van der Waals surface area contributed by atoms with Crippen LogP contribution < -0.4 is 5.32 Å². The average Bonchev–Trinajstić information content (AvgIpc) is 2.87. The van der Waals surface area contributed by atoms with Crippen molar-refractivity contribution < 1.29 is 17.7 Å². The first-order chi connectivity index (χ1) is 10.7. The second-order valence-electron chi connectivity index (χ2n) is 6.77. The Hall–Kier alpha value is -1.37. The van der Waals surface area contributed by atoms with Crippen LogP contribution in [-0.2, 0) is 20.4 Å². The van der Waals surface area contributed by atoms with E-state index in [1.54, 1.807) is 13.0 Å². The van der Waals surface area contributed by atoms with E-state index in [1.807, 2.05) is 0 Å². The van der Waals surface area contributed by atoms with Crippen LogP contribution in [0.25, 0.3) is 0 Å². The van der Waals surface area contributed by atoms with Gasteiger partial charge >= 0.3 is 0 Å². The van der Waals surface area contributed by atoms with Crippen LogP contribution in [0.5, 0.6) is 0 Å². The van der Waals surface area contributed by atoms with E-state index in [4.69, 9.17) is 4.52 Å². The van der Waals surface area contributed by atoms with Gasteiger partial charge in [-0.3, -0.25) is 4.79 Å². The third-order valence-corrected chi connectivity index (χ3v) is 6.94. The first kappa shape index (κ1) is 18.0. The largest absolute Gasteiger partial charge is 0.360 e. The summed E-state index contributed by atoms with van der Waals surface area (Å²) in [6.07, 6.45) is 3.13. The maximum absolute atomic E-state index is 12.4. The van der Waals surface area contributed by atoms with Crippen LogP contribution in [0.15, 0.2) is 10.6 Å². The molecule has 0 radical (unpaired) electrons. The lowest BCUT2D eigenvalue weighted by Crippen LogP contribution is -2.48.